The molecular formula is C9H19N3O2. The average Bonchev–Trinajstić information content (AvgIpc) is 2.10. The summed E-state index contributed by atoms with van der Waals surface area (Å²) in [6.45, 7) is 6.06. The maximum Gasteiger partial charge on any atom is 0.237 e. The molecule has 0 aliphatic heterocycles. The summed E-state index contributed by atoms with van der Waals surface area (Å²) in [7, 11) is 0. The van der Waals surface area contributed by atoms with E-state index in [1.165, 1.54) is 6.92 Å². The molecule has 0 heterocycles. The Hall–Kier alpha value is -1.10. The van der Waals surface area contributed by atoms with Gasteiger partial charge >= 0.3 is 0 Å². The first-order valence-corrected chi connectivity index (χ1v) is 4.73. The van der Waals surface area contributed by atoms with E-state index >= 15 is 0 Å². The fourth-order valence-electron chi connectivity index (χ4n) is 0.845. The van der Waals surface area contributed by atoms with Crippen LogP contribution in [-0.2, 0) is 9.59 Å². The summed E-state index contributed by atoms with van der Waals surface area (Å²) >= 11 is 0. The van der Waals surface area contributed by atoms with Gasteiger partial charge in [-0.05, 0) is 5.92 Å². The summed E-state index contributed by atoms with van der Waals surface area (Å²) < 4.78 is 0. The van der Waals surface area contributed by atoms with Crippen LogP contribution >= 0.6 is 0 Å². The molecule has 4 N–H and O–H groups in total. The van der Waals surface area contributed by atoms with E-state index in [1.54, 1.807) is 0 Å². The Morgan fingerprint density at radius 2 is 1.71 bits per heavy atom. The van der Waals surface area contributed by atoms with Crippen molar-refractivity contribution in [1.29, 1.82) is 0 Å². The number of hydrogen-bond acceptors (Lipinski definition) is 3. The van der Waals surface area contributed by atoms with Crippen LogP contribution < -0.4 is 16.4 Å². The summed E-state index contributed by atoms with van der Waals surface area (Å²) in [5.74, 6) is -0.159. The topological polar surface area (TPSA) is 84.2 Å². The molecule has 0 bridgehead atoms. The largest absolute Gasteiger partial charge is 0.355 e. The number of rotatable bonds is 5. The lowest BCUT2D eigenvalue weighted by molar-refractivity contribution is -0.123. The normalized spacial score (nSPS) is 12.4. The Bertz CT molecular complexity index is 204. The van der Waals surface area contributed by atoms with Crippen molar-refractivity contribution < 1.29 is 9.59 Å². The van der Waals surface area contributed by atoms with Gasteiger partial charge < -0.3 is 16.4 Å². The Kier molecular flexibility index (Phi) is 5.87. The molecule has 0 spiro atoms. The molecule has 2 amide bonds. The summed E-state index contributed by atoms with van der Waals surface area (Å²) in [6.07, 6.45) is 0. The van der Waals surface area contributed by atoms with Gasteiger partial charge in [-0.25, -0.2) is 0 Å². The minimum atomic E-state index is -0.479. The molecular weight excluding hydrogens is 182 g/mol. The van der Waals surface area contributed by atoms with Crippen LogP contribution in [-0.4, -0.2) is 30.9 Å². The molecule has 0 aromatic heterocycles. The Morgan fingerprint density at radius 3 is 2.14 bits per heavy atom. The highest BCUT2D eigenvalue weighted by molar-refractivity contribution is 5.81. The zero-order chi connectivity index (χ0) is 11.1. The second-order valence-corrected chi connectivity index (χ2v) is 3.54. The van der Waals surface area contributed by atoms with Crippen LogP contribution in [0.4, 0.5) is 0 Å². The highest BCUT2D eigenvalue weighted by atomic mass is 16.2. The first-order valence-electron chi connectivity index (χ1n) is 4.73. The molecule has 0 unspecified atom stereocenters. The van der Waals surface area contributed by atoms with Gasteiger partial charge in [-0.3, -0.25) is 9.59 Å². The fourth-order valence-corrected chi connectivity index (χ4v) is 0.845. The molecule has 5 nitrogen and oxygen atoms in total. The van der Waals surface area contributed by atoms with Crippen molar-refractivity contribution >= 4 is 11.8 Å². The van der Waals surface area contributed by atoms with Crippen molar-refractivity contribution in [3.63, 3.8) is 0 Å². The van der Waals surface area contributed by atoms with Gasteiger partial charge in [-0.15, -0.1) is 0 Å². The van der Waals surface area contributed by atoms with E-state index in [0.717, 1.165) is 0 Å². The third-order valence-electron chi connectivity index (χ3n) is 1.82. The molecule has 0 aliphatic rings. The van der Waals surface area contributed by atoms with E-state index in [-0.39, 0.29) is 17.7 Å². The number of nitrogens with one attached hydrogen (secondary N) is 2. The van der Waals surface area contributed by atoms with Crippen LogP contribution in [0.1, 0.15) is 20.8 Å². The first-order chi connectivity index (χ1) is 6.45. The van der Waals surface area contributed by atoms with Gasteiger partial charge in [0.15, 0.2) is 0 Å². The third kappa shape index (κ3) is 5.53. The minimum Gasteiger partial charge on any atom is -0.355 e. The van der Waals surface area contributed by atoms with Crippen LogP contribution in [0.2, 0.25) is 0 Å². The van der Waals surface area contributed by atoms with Crippen molar-refractivity contribution in [3.05, 3.63) is 0 Å². The highest BCUT2D eigenvalue weighted by Gasteiger charge is 2.15. The first kappa shape index (κ1) is 12.9. The van der Waals surface area contributed by atoms with Crippen LogP contribution in [0.3, 0.4) is 0 Å². The quantitative estimate of drug-likeness (QED) is 0.510. The monoisotopic (exact) mass is 201 g/mol. The van der Waals surface area contributed by atoms with E-state index < -0.39 is 6.04 Å². The van der Waals surface area contributed by atoms with Gasteiger partial charge in [-0.1, -0.05) is 13.8 Å². The Labute approximate surface area is 84.4 Å². The van der Waals surface area contributed by atoms with Crippen LogP contribution in [0.25, 0.3) is 0 Å². The van der Waals surface area contributed by atoms with Crippen molar-refractivity contribution in [2.24, 2.45) is 11.7 Å². The zero-order valence-electron chi connectivity index (χ0n) is 8.96. The van der Waals surface area contributed by atoms with Crippen LogP contribution in [0.15, 0.2) is 0 Å². The van der Waals surface area contributed by atoms with E-state index in [0.29, 0.717) is 13.1 Å². The van der Waals surface area contributed by atoms with Crippen molar-refractivity contribution in [2.45, 2.75) is 26.8 Å². The van der Waals surface area contributed by atoms with Gasteiger partial charge in [0.2, 0.25) is 11.8 Å². The summed E-state index contributed by atoms with van der Waals surface area (Å²) in [6, 6.07) is -0.479. The second-order valence-electron chi connectivity index (χ2n) is 3.54. The Morgan fingerprint density at radius 1 is 1.21 bits per heavy atom. The molecule has 1 atom stereocenters. The SMILES string of the molecule is CC(=O)NCCNC(=O)[C@@H](N)C(C)C. The second kappa shape index (κ2) is 6.37. The Balaban J connectivity index is 3.59. The maximum absolute atomic E-state index is 11.3. The molecule has 0 aromatic rings. The predicted molar refractivity (Wildman–Crippen MR) is 54.5 cm³/mol. The smallest absolute Gasteiger partial charge is 0.237 e. The maximum atomic E-state index is 11.3. The van der Waals surface area contributed by atoms with Gasteiger partial charge in [0.1, 0.15) is 0 Å². The summed E-state index contributed by atoms with van der Waals surface area (Å²) in [5.41, 5.74) is 5.60. The predicted octanol–water partition coefficient (Wildman–Crippen LogP) is -0.778. The van der Waals surface area contributed by atoms with Crippen molar-refractivity contribution in [2.75, 3.05) is 13.1 Å². The number of amides is 2. The van der Waals surface area contributed by atoms with Gasteiger partial charge in [0.25, 0.3) is 0 Å². The standard InChI is InChI=1S/C9H19N3O2/c1-6(2)8(10)9(14)12-5-4-11-7(3)13/h6,8H,4-5,10H2,1-3H3,(H,11,13)(H,12,14)/t8-/m0/s1. The molecule has 0 aromatic carbocycles. The van der Waals surface area contributed by atoms with Gasteiger partial charge in [0.05, 0.1) is 6.04 Å². The lowest BCUT2D eigenvalue weighted by Gasteiger charge is -2.15. The molecule has 14 heavy (non-hydrogen) atoms. The highest BCUT2D eigenvalue weighted by Crippen LogP contribution is 1.96. The van der Waals surface area contributed by atoms with Gasteiger partial charge in [-0.2, -0.15) is 0 Å². The number of carbonyl (C=O) groups excluding carboxylic acids is 2. The molecule has 0 radical (unpaired) electrons. The summed E-state index contributed by atoms with van der Waals surface area (Å²) in [4.78, 5) is 21.8. The molecule has 0 rings (SSSR count). The lowest BCUT2D eigenvalue weighted by atomic mass is 10.1. The van der Waals surface area contributed by atoms with E-state index in [2.05, 4.69) is 10.6 Å². The van der Waals surface area contributed by atoms with Crippen molar-refractivity contribution in [1.82, 2.24) is 10.6 Å². The summed E-state index contributed by atoms with van der Waals surface area (Å²) in [5, 5.41) is 5.22. The third-order valence-corrected chi connectivity index (χ3v) is 1.82. The van der Waals surface area contributed by atoms with Crippen LogP contribution in [0.5, 0.6) is 0 Å². The zero-order valence-corrected chi connectivity index (χ0v) is 8.96. The number of nitrogens with two attached hydrogens (primary N) is 1. The van der Waals surface area contributed by atoms with E-state index in [1.807, 2.05) is 13.8 Å². The molecule has 0 saturated carbocycles. The minimum absolute atomic E-state index is 0.104. The van der Waals surface area contributed by atoms with Gasteiger partial charge in [0, 0.05) is 20.0 Å². The number of hydrogen-bond donors (Lipinski definition) is 3. The van der Waals surface area contributed by atoms with E-state index in [9.17, 15) is 9.59 Å². The molecule has 82 valence electrons. The van der Waals surface area contributed by atoms with Crippen molar-refractivity contribution in [3.8, 4) is 0 Å². The fraction of sp³-hybridized carbons (Fsp3) is 0.778. The number of carbonyl (C=O) groups is 2. The molecule has 0 aliphatic carbocycles. The molecule has 5 heteroatoms. The average molecular weight is 201 g/mol. The molecule has 0 saturated heterocycles. The van der Waals surface area contributed by atoms with Crippen LogP contribution in [0, 0.1) is 5.92 Å². The lowest BCUT2D eigenvalue weighted by Crippen LogP contribution is -2.45. The van der Waals surface area contributed by atoms with E-state index in [4.69, 9.17) is 5.73 Å². The molecule has 0 fully saturated rings.